The molecular formula is C40H49BO5Si. The van der Waals surface area contributed by atoms with Crippen molar-refractivity contribution in [1.29, 1.82) is 0 Å². The highest BCUT2D eigenvalue weighted by Crippen LogP contribution is 2.50. The van der Waals surface area contributed by atoms with Crippen molar-refractivity contribution in [2.24, 2.45) is 0 Å². The standard InChI is InChI=1S/C40H49BO5Si/c1-31(46-47(7,8)38(2,3)4)29-30-41-44-36(39(42-5,32-21-13-9-14-22-32)33-23-15-10-16-24-33)37(45-41)40(43-6,34-25-17-11-18-26-34)35-27-19-12-20-28-35/h9-31,36-37H,1-8H3/b30-29+/t31-,36-,37-/m1/s1. The third kappa shape index (κ3) is 6.84. The van der Waals surface area contributed by atoms with Gasteiger partial charge in [-0.25, -0.2) is 0 Å². The first-order valence-corrected chi connectivity index (χ1v) is 19.4. The number of hydrogen-bond acceptors (Lipinski definition) is 5. The average Bonchev–Trinajstić information content (AvgIpc) is 3.51. The Labute approximate surface area is 283 Å². The fourth-order valence-electron chi connectivity index (χ4n) is 6.54. The third-order valence-corrected chi connectivity index (χ3v) is 14.5. The molecule has 5 nitrogen and oxygen atoms in total. The van der Waals surface area contributed by atoms with Gasteiger partial charge in [-0.15, -0.1) is 0 Å². The van der Waals surface area contributed by atoms with Crippen LogP contribution in [-0.4, -0.2) is 48.0 Å². The maximum Gasteiger partial charge on any atom is 0.486 e. The van der Waals surface area contributed by atoms with E-state index in [1.165, 1.54) is 0 Å². The molecule has 1 fully saturated rings. The minimum absolute atomic E-state index is 0.0958. The summed E-state index contributed by atoms with van der Waals surface area (Å²) in [6.45, 7) is 13.4. The van der Waals surface area contributed by atoms with Gasteiger partial charge in [0, 0.05) is 14.2 Å². The van der Waals surface area contributed by atoms with E-state index in [9.17, 15) is 0 Å². The van der Waals surface area contributed by atoms with Crippen LogP contribution in [0.3, 0.4) is 0 Å². The molecule has 1 aliphatic rings. The Morgan fingerprint density at radius 2 is 0.936 bits per heavy atom. The summed E-state index contributed by atoms with van der Waals surface area (Å²) in [6, 6.07) is 41.1. The summed E-state index contributed by atoms with van der Waals surface area (Å²) in [5.74, 6) is 1.98. The summed E-state index contributed by atoms with van der Waals surface area (Å²) in [6.07, 6.45) is 0.642. The van der Waals surface area contributed by atoms with Gasteiger partial charge >= 0.3 is 7.12 Å². The summed E-state index contributed by atoms with van der Waals surface area (Å²) >= 11 is 0. The molecule has 0 aromatic heterocycles. The lowest BCUT2D eigenvalue weighted by atomic mass is 9.71. The first-order valence-electron chi connectivity index (χ1n) is 16.5. The van der Waals surface area contributed by atoms with Crippen molar-refractivity contribution in [3.05, 3.63) is 156 Å². The van der Waals surface area contributed by atoms with Gasteiger partial charge in [0.15, 0.2) is 8.32 Å². The second kappa shape index (κ2) is 14.4. The molecule has 0 spiro atoms. The molecule has 0 aliphatic carbocycles. The molecule has 1 saturated heterocycles. The van der Waals surface area contributed by atoms with Crippen molar-refractivity contribution in [3.63, 3.8) is 0 Å². The van der Waals surface area contributed by atoms with E-state index in [0.717, 1.165) is 22.3 Å². The zero-order valence-electron chi connectivity index (χ0n) is 29.1. The fourth-order valence-corrected chi connectivity index (χ4v) is 7.90. The predicted molar refractivity (Wildman–Crippen MR) is 194 cm³/mol. The molecule has 0 unspecified atom stereocenters. The van der Waals surface area contributed by atoms with E-state index < -0.39 is 38.8 Å². The number of hydrogen-bond donors (Lipinski definition) is 0. The van der Waals surface area contributed by atoms with E-state index in [0.29, 0.717) is 0 Å². The summed E-state index contributed by atoms with van der Waals surface area (Å²) < 4.78 is 34.2. The van der Waals surface area contributed by atoms with Crippen molar-refractivity contribution >= 4 is 15.4 Å². The van der Waals surface area contributed by atoms with E-state index in [2.05, 4.69) is 95.4 Å². The van der Waals surface area contributed by atoms with Gasteiger partial charge in [0.05, 0.1) is 6.10 Å². The molecule has 246 valence electrons. The van der Waals surface area contributed by atoms with E-state index in [-0.39, 0.29) is 11.1 Å². The van der Waals surface area contributed by atoms with Crippen molar-refractivity contribution < 1.29 is 23.2 Å². The number of ether oxygens (including phenoxy) is 2. The highest BCUT2D eigenvalue weighted by atomic mass is 28.4. The number of methoxy groups -OCH3 is 2. The van der Waals surface area contributed by atoms with E-state index in [1.807, 2.05) is 78.8 Å². The Balaban J connectivity index is 1.70. The molecule has 4 aromatic rings. The van der Waals surface area contributed by atoms with Crippen LogP contribution >= 0.6 is 0 Å². The van der Waals surface area contributed by atoms with Crippen LogP contribution in [0.1, 0.15) is 49.9 Å². The van der Waals surface area contributed by atoms with Crippen LogP contribution in [0.15, 0.2) is 133 Å². The normalized spacial score (nSPS) is 18.5. The van der Waals surface area contributed by atoms with Gasteiger partial charge in [0.2, 0.25) is 0 Å². The van der Waals surface area contributed by atoms with Gasteiger partial charge in [-0.2, -0.15) is 0 Å². The Bertz CT molecular complexity index is 1400. The quantitative estimate of drug-likeness (QED) is 0.144. The largest absolute Gasteiger partial charge is 0.486 e. The zero-order chi connectivity index (χ0) is 33.7. The maximum absolute atomic E-state index is 7.08. The maximum atomic E-state index is 7.08. The molecule has 5 rings (SSSR count). The molecule has 0 amide bonds. The molecule has 1 aliphatic heterocycles. The van der Waals surface area contributed by atoms with Crippen molar-refractivity contribution in [2.75, 3.05) is 14.2 Å². The first-order chi connectivity index (χ1) is 22.5. The minimum Gasteiger partial charge on any atom is -0.411 e. The highest BCUT2D eigenvalue weighted by molar-refractivity contribution is 6.74. The van der Waals surface area contributed by atoms with Gasteiger partial charge in [0.1, 0.15) is 23.4 Å². The van der Waals surface area contributed by atoms with Crippen LogP contribution in [0.5, 0.6) is 0 Å². The monoisotopic (exact) mass is 648 g/mol. The smallest absolute Gasteiger partial charge is 0.411 e. The fraction of sp³-hybridized carbons (Fsp3) is 0.350. The summed E-state index contributed by atoms with van der Waals surface area (Å²) in [7, 11) is 0.809. The number of benzene rings is 4. The third-order valence-electron chi connectivity index (χ3n) is 9.92. The molecule has 0 radical (unpaired) electrons. The lowest BCUT2D eigenvalue weighted by molar-refractivity contribution is -0.136. The Morgan fingerprint density at radius 3 is 1.21 bits per heavy atom. The second-order valence-electron chi connectivity index (χ2n) is 13.8. The second-order valence-corrected chi connectivity index (χ2v) is 18.5. The SMILES string of the molecule is COC(c1ccccc1)(c1ccccc1)[C@@H]1OB(/C=C/[C@@H](C)O[Si](C)(C)C(C)(C)C)O[C@H]1C(OC)(c1ccccc1)c1ccccc1. The molecular weight excluding hydrogens is 599 g/mol. The van der Waals surface area contributed by atoms with Gasteiger partial charge in [-0.3, -0.25) is 0 Å². The van der Waals surface area contributed by atoms with Crippen LogP contribution in [0.25, 0.3) is 0 Å². The summed E-state index contributed by atoms with van der Waals surface area (Å²) in [5, 5.41) is 0.0958. The molecule has 4 aromatic carbocycles. The summed E-state index contributed by atoms with van der Waals surface area (Å²) in [4.78, 5) is 0. The first kappa shape index (κ1) is 35.0. The van der Waals surface area contributed by atoms with Crippen LogP contribution < -0.4 is 0 Å². The van der Waals surface area contributed by atoms with E-state index in [1.54, 1.807) is 14.2 Å². The van der Waals surface area contributed by atoms with Gasteiger partial charge in [-0.1, -0.05) is 154 Å². The Kier molecular flexibility index (Phi) is 10.8. The predicted octanol–water partition coefficient (Wildman–Crippen LogP) is 8.94. The van der Waals surface area contributed by atoms with Gasteiger partial charge in [0.25, 0.3) is 0 Å². The Morgan fingerprint density at radius 1 is 0.617 bits per heavy atom. The number of rotatable bonds is 12. The van der Waals surface area contributed by atoms with Crippen molar-refractivity contribution in [3.8, 4) is 0 Å². The van der Waals surface area contributed by atoms with E-state index in [4.69, 9.17) is 23.2 Å². The van der Waals surface area contributed by atoms with Gasteiger partial charge < -0.3 is 23.2 Å². The molecule has 47 heavy (non-hydrogen) atoms. The van der Waals surface area contributed by atoms with E-state index >= 15 is 0 Å². The highest BCUT2D eigenvalue weighted by Gasteiger charge is 2.61. The molecule has 0 bridgehead atoms. The molecule has 0 saturated carbocycles. The van der Waals surface area contributed by atoms with Crippen molar-refractivity contribution in [1.82, 2.24) is 0 Å². The molecule has 7 heteroatoms. The van der Waals surface area contributed by atoms with Crippen LogP contribution in [-0.2, 0) is 34.4 Å². The molecule has 3 atom stereocenters. The molecule has 0 N–H and O–H groups in total. The van der Waals surface area contributed by atoms with Crippen LogP contribution in [0.4, 0.5) is 0 Å². The zero-order valence-corrected chi connectivity index (χ0v) is 30.1. The summed E-state index contributed by atoms with van der Waals surface area (Å²) in [5.41, 5.74) is 1.73. The topological polar surface area (TPSA) is 46.2 Å². The van der Waals surface area contributed by atoms with Crippen molar-refractivity contribution in [2.45, 2.75) is 75.3 Å². The average molecular weight is 649 g/mol. The molecule has 1 heterocycles. The lowest BCUT2D eigenvalue weighted by Crippen LogP contribution is -2.56. The van der Waals surface area contributed by atoms with Crippen LogP contribution in [0.2, 0.25) is 18.1 Å². The Hall–Kier alpha value is -3.30. The minimum atomic E-state index is -1.99. The van der Waals surface area contributed by atoms with Gasteiger partial charge in [-0.05, 0) is 47.3 Å². The lowest BCUT2D eigenvalue weighted by Gasteiger charge is -2.46. The van der Waals surface area contributed by atoms with Crippen LogP contribution in [0, 0.1) is 0 Å².